The fourth-order valence-electron chi connectivity index (χ4n) is 1.53. The Morgan fingerprint density at radius 2 is 2.33 bits per heavy atom. The molecule has 2 rings (SSSR count). The zero-order chi connectivity index (χ0) is 13.1. The van der Waals surface area contributed by atoms with Crippen molar-refractivity contribution in [1.82, 2.24) is 4.90 Å². The number of amides is 1. The molecule has 2 aromatic rings. The lowest BCUT2D eigenvalue weighted by atomic mass is 10.3. The molecule has 0 saturated carbocycles. The molecule has 2 N–H and O–H groups in total. The first-order valence-electron chi connectivity index (χ1n) is 5.37. The Morgan fingerprint density at radius 1 is 1.56 bits per heavy atom. The first-order chi connectivity index (χ1) is 8.60. The molecule has 0 aliphatic heterocycles. The van der Waals surface area contributed by atoms with Crippen molar-refractivity contribution in [3.8, 4) is 0 Å². The number of hydrogen-bond acceptors (Lipinski definition) is 4. The standard InChI is InChI=1S/C12H13BrN2O2S/c1-15(6-10-4-8(13)7-18-10)12(16)11-3-2-9(5-14)17-11/h2-4,7H,5-6,14H2,1H3. The Bertz CT molecular complexity index is 550. The van der Waals surface area contributed by atoms with Gasteiger partial charge in [-0.1, -0.05) is 0 Å². The summed E-state index contributed by atoms with van der Waals surface area (Å²) in [6.07, 6.45) is 0. The van der Waals surface area contributed by atoms with Crippen LogP contribution >= 0.6 is 27.3 Å². The van der Waals surface area contributed by atoms with Crippen molar-refractivity contribution in [1.29, 1.82) is 0 Å². The summed E-state index contributed by atoms with van der Waals surface area (Å²) in [5.41, 5.74) is 5.44. The van der Waals surface area contributed by atoms with E-state index in [1.165, 1.54) is 0 Å². The number of nitrogens with zero attached hydrogens (tertiary/aromatic N) is 1. The van der Waals surface area contributed by atoms with Crippen LogP contribution in [0.1, 0.15) is 21.2 Å². The predicted molar refractivity (Wildman–Crippen MR) is 74.4 cm³/mol. The number of carbonyl (C=O) groups excluding carboxylic acids is 1. The maximum atomic E-state index is 12.1. The molecule has 2 heterocycles. The Labute approximate surface area is 118 Å². The molecule has 96 valence electrons. The molecule has 0 aromatic carbocycles. The van der Waals surface area contributed by atoms with E-state index in [2.05, 4.69) is 15.9 Å². The average molecular weight is 329 g/mol. The molecule has 2 aromatic heterocycles. The fraction of sp³-hybridized carbons (Fsp3) is 0.250. The monoisotopic (exact) mass is 328 g/mol. The van der Waals surface area contributed by atoms with Crippen LogP contribution in [0, 0.1) is 0 Å². The van der Waals surface area contributed by atoms with Crippen LogP contribution in [0.15, 0.2) is 32.5 Å². The van der Waals surface area contributed by atoms with Crippen molar-refractivity contribution in [2.45, 2.75) is 13.1 Å². The Morgan fingerprint density at radius 3 is 2.89 bits per heavy atom. The van der Waals surface area contributed by atoms with Crippen LogP contribution in [0.2, 0.25) is 0 Å². The van der Waals surface area contributed by atoms with E-state index in [0.717, 1.165) is 9.35 Å². The fourth-order valence-corrected chi connectivity index (χ4v) is 3.04. The minimum Gasteiger partial charge on any atom is -0.455 e. The second kappa shape index (κ2) is 5.69. The highest BCUT2D eigenvalue weighted by atomic mass is 79.9. The smallest absolute Gasteiger partial charge is 0.289 e. The summed E-state index contributed by atoms with van der Waals surface area (Å²) in [5, 5.41) is 1.99. The molecule has 0 atom stereocenters. The molecular formula is C12H13BrN2O2S. The third kappa shape index (κ3) is 3.01. The largest absolute Gasteiger partial charge is 0.455 e. The molecule has 0 unspecified atom stereocenters. The first kappa shape index (κ1) is 13.3. The highest BCUT2D eigenvalue weighted by Crippen LogP contribution is 2.21. The molecule has 0 aliphatic carbocycles. The van der Waals surface area contributed by atoms with E-state index < -0.39 is 0 Å². The third-order valence-electron chi connectivity index (χ3n) is 2.44. The van der Waals surface area contributed by atoms with Gasteiger partial charge in [0.2, 0.25) is 0 Å². The number of furan rings is 1. The van der Waals surface area contributed by atoms with Crippen LogP contribution in [0.4, 0.5) is 0 Å². The number of halogens is 1. The van der Waals surface area contributed by atoms with Gasteiger partial charge in [0.15, 0.2) is 5.76 Å². The molecule has 6 heteroatoms. The van der Waals surface area contributed by atoms with Gasteiger partial charge >= 0.3 is 0 Å². The molecule has 1 amide bonds. The number of carbonyl (C=O) groups is 1. The number of nitrogens with two attached hydrogens (primary N) is 1. The molecule has 0 radical (unpaired) electrons. The van der Waals surface area contributed by atoms with Crippen molar-refractivity contribution >= 4 is 33.2 Å². The lowest BCUT2D eigenvalue weighted by Crippen LogP contribution is -2.25. The van der Waals surface area contributed by atoms with E-state index >= 15 is 0 Å². The van der Waals surface area contributed by atoms with Crippen molar-refractivity contribution in [2.75, 3.05) is 7.05 Å². The molecule has 0 bridgehead atoms. The number of rotatable bonds is 4. The first-order valence-corrected chi connectivity index (χ1v) is 7.04. The van der Waals surface area contributed by atoms with Gasteiger partial charge in [0.05, 0.1) is 13.1 Å². The molecule has 4 nitrogen and oxygen atoms in total. The van der Waals surface area contributed by atoms with Crippen LogP contribution in [-0.4, -0.2) is 17.9 Å². The van der Waals surface area contributed by atoms with Crippen LogP contribution in [0.5, 0.6) is 0 Å². The van der Waals surface area contributed by atoms with Crippen LogP contribution in [0.25, 0.3) is 0 Å². The second-order valence-electron chi connectivity index (χ2n) is 3.86. The van der Waals surface area contributed by atoms with E-state index in [0.29, 0.717) is 24.6 Å². The second-order valence-corrected chi connectivity index (χ2v) is 5.77. The molecule has 0 fully saturated rings. The summed E-state index contributed by atoms with van der Waals surface area (Å²) in [4.78, 5) is 14.8. The van der Waals surface area contributed by atoms with E-state index in [1.54, 1.807) is 35.4 Å². The number of hydrogen-bond donors (Lipinski definition) is 1. The van der Waals surface area contributed by atoms with Gasteiger partial charge in [0, 0.05) is 21.8 Å². The average Bonchev–Trinajstić information content (AvgIpc) is 2.97. The predicted octanol–water partition coefficient (Wildman–Crippen LogP) is 2.83. The van der Waals surface area contributed by atoms with Gasteiger partial charge < -0.3 is 15.1 Å². The highest BCUT2D eigenvalue weighted by molar-refractivity contribution is 9.10. The van der Waals surface area contributed by atoms with Gasteiger partial charge in [0.1, 0.15) is 5.76 Å². The lowest BCUT2D eigenvalue weighted by molar-refractivity contribution is 0.0753. The summed E-state index contributed by atoms with van der Waals surface area (Å²) < 4.78 is 6.37. The molecule has 0 spiro atoms. The third-order valence-corrected chi connectivity index (χ3v) is 4.12. The van der Waals surface area contributed by atoms with Gasteiger partial charge in [0.25, 0.3) is 5.91 Å². The minimum atomic E-state index is -0.140. The molecule has 0 saturated heterocycles. The Kier molecular flexibility index (Phi) is 4.21. The van der Waals surface area contributed by atoms with E-state index in [-0.39, 0.29) is 5.91 Å². The molecule has 18 heavy (non-hydrogen) atoms. The lowest BCUT2D eigenvalue weighted by Gasteiger charge is -2.14. The summed E-state index contributed by atoms with van der Waals surface area (Å²) in [6, 6.07) is 5.38. The number of thiophene rings is 1. The zero-order valence-electron chi connectivity index (χ0n) is 9.85. The normalized spacial score (nSPS) is 10.6. The highest BCUT2D eigenvalue weighted by Gasteiger charge is 2.16. The summed E-state index contributed by atoms with van der Waals surface area (Å²) in [6.45, 7) is 0.864. The van der Waals surface area contributed by atoms with Crippen LogP contribution < -0.4 is 5.73 Å². The van der Waals surface area contributed by atoms with Crippen LogP contribution in [0.3, 0.4) is 0 Å². The van der Waals surface area contributed by atoms with Crippen molar-refractivity contribution in [3.63, 3.8) is 0 Å². The van der Waals surface area contributed by atoms with Gasteiger partial charge in [-0.05, 0) is 34.1 Å². The Balaban J connectivity index is 2.04. The van der Waals surface area contributed by atoms with Gasteiger partial charge in [-0.2, -0.15) is 0 Å². The van der Waals surface area contributed by atoms with Crippen molar-refractivity contribution < 1.29 is 9.21 Å². The van der Waals surface area contributed by atoms with Crippen LogP contribution in [-0.2, 0) is 13.1 Å². The zero-order valence-corrected chi connectivity index (χ0v) is 12.3. The summed E-state index contributed by atoms with van der Waals surface area (Å²) in [7, 11) is 1.75. The van der Waals surface area contributed by atoms with Crippen molar-refractivity contribution in [3.05, 3.63) is 44.4 Å². The quantitative estimate of drug-likeness (QED) is 0.938. The maximum Gasteiger partial charge on any atom is 0.289 e. The SMILES string of the molecule is CN(Cc1cc(Br)cs1)C(=O)c1ccc(CN)o1. The molecule has 0 aliphatic rings. The van der Waals surface area contributed by atoms with E-state index in [9.17, 15) is 4.79 Å². The molecular weight excluding hydrogens is 316 g/mol. The van der Waals surface area contributed by atoms with E-state index in [4.69, 9.17) is 10.2 Å². The van der Waals surface area contributed by atoms with Crippen molar-refractivity contribution in [2.24, 2.45) is 5.73 Å². The Hall–Kier alpha value is -1.11. The minimum absolute atomic E-state index is 0.140. The topological polar surface area (TPSA) is 59.5 Å². The summed E-state index contributed by atoms with van der Waals surface area (Å²) in [5.74, 6) is 0.804. The van der Waals surface area contributed by atoms with E-state index in [1.807, 2.05) is 11.4 Å². The summed E-state index contributed by atoms with van der Waals surface area (Å²) >= 11 is 5.00. The van der Waals surface area contributed by atoms with Gasteiger partial charge in [-0.25, -0.2) is 0 Å². The van der Waals surface area contributed by atoms with Gasteiger partial charge in [-0.15, -0.1) is 11.3 Å². The maximum absolute atomic E-state index is 12.1. The van der Waals surface area contributed by atoms with Gasteiger partial charge in [-0.3, -0.25) is 4.79 Å².